The zero-order valence-corrected chi connectivity index (χ0v) is 10.2. The van der Waals surface area contributed by atoms with Crippen LogP contribution in [0.1, 0.15) is 58.3 Å². The predicted molar refractivity (Wildman–Crippen MR) is 63.2 cm³/mol. The summed E-state index contributed by atoms with van der Waals surface area (Å²) in [6.45, 7) is 1.97. The largest absolute Gasteiger partial charge is 0.481 e. The van der Waals surface area contributed by atoms with Crippen molar-refractivity contribution in [2.45, 2.75) is 64.4 Å². The van der Waals surface area contributed by atoms with Gasteiger partial charge in [0, 0.05) is 0 Å². The van der Waals surface area contributed by atoms with Crippen LogP contribution in [0.15, 0.2) is 0 Å². The van der Waals surface area contributed by atoms with Gasteiger partial charge in [-0.2, -0.15) is 0 Å². The molecule has 94 valence electrons. The highest BCUT2D eigenvalue weighted by molar-refractivity contribution is 5.70. The van der Waals surface area contributed by atoms with Crippen LogP contribution in [-0.4, -0.2) is 22.3 Å². The van der Waals surface area contributed by atoms with Crippen LogP contribution in [0.2, 0.25) is 0 Å². The summed E-state index contributed by atoms with van der Waals surface area (Å²) in [5.41, 5.74) is 0. The molecule has 3 heteroatoms. The van der Waals surface area contributed by atoms with Gasteiger partial charge in [-0.05, 0) is 18.8 Å². The molecule has 0 aromatic carbocycles. The minimum absolute atomic E-state index is 0.515. The second-order valence-electron chi connectivity index (χ2n) is 5.04. The molecule has 0 spiro atoms. The first kappa shape index (κ1) is 13.5. The average Bonchev–Trinajstić information content (AvgIpc) is 2.27. The molecule has 1 aliphatic rings. The van der Waals surface area contributed by atoms with E-state index < -0.39 is 18.0 Å². The Morgan fingerprint density at radius 3 is 2.44 bits per heavy atom. The van der Waals surface area contributed by atoms with Gasteiger partial charge < -0.3 is 10.2 Å². The molecular weight excluding hydrogens is 204 g/mol. The van der Waals surface area contributed by atoms with Crippen LogP contribution in [0.25, 0.3) is 0 Å². The maximum atomic E-state index is 11.1. The van der Waals surface area contributed by atoms with Crippen LogP contribution in [0, 0.1) is 11.8 Å². The molecule has 1 fully saturated rings. The molecule has 0 heterocycles. The lowest BCUT2D eigenvalue weighted by molar-refractivity contribution is -0.147. The first-order valence-electron chi connectivity index (χ1n) is 6.56. The van der Waals surface area contributed by atoms with E-state index in [2.05, 4.69) is 0 Å². The third kappa shape index (κ3) is 4.12. The second kappa shape index (κ2) is 6.89. The third-order valence-corrected chi connectivity index (χ3v) is 3.68. The van der Waals surface area contributed by atoms with Gasteiger partial charge >= 0.3 is 5.97 Å². The van der Waals surface area contributed by atoms with Crippen molar-refractivity contribution in [3.63, 3.8) is 0 Å². The number of rotatable bonds is 6. The summed E-state index contributed by atoms with van der Waals surface area (Å²) < 4.78 is 0. The van der Waals surface area contributed by atoms with Crippen molar-refractivity contribution < 1.29 is 15.0 Å². The number of hydrogen-bond acceptors (Lipinski definition) is 2. The van der Waals surface area contributed by atoms with E-state index in [4.69, 9.17) is 5.11 Å². The maximum Gasteiger partial charge on any atom is 0.309 e. The molecule has 0 aromatic heterocycles. The van der Waals surface area contributed by atoms with E-state index in [0.717, 1.165) is 19.3 Å². The lowest BCUT2D eigenvalue weighted by Gasteiger charge is -2.26. The summed E-state index contributed by atoms with van der Waals surface area (Å²) in [5.74, 6) is -0.865. The number of aliphatic hydroxyl groups excluding tert-OH is 1. The van der Waals surface area contributed by atoms with Gasteiger partial charge in [0.25, 0.3) is 0 Å². The Morgan fingerprint density at radius 1 is 1.31 bits per heavy atom. The fourth-order valence-electron chi connectivity index (χ4n) is 2.70. The molecule has 1 rings (SSSR count). The number of aliphatic hydroxyl groups is 1. The zero-order chi connectivity index (χ0) is 12.0. The lowest BCUT2D eigenvalue weighted by atomic mass is 9.80. The van der Waals surface area contributed by atoms with Crippen LogP contribution >= 0.6 is 0 Å². The quantitative estimate of drug-likeness (QED) is 0.735. The highest BCUT2D eigenvalue weighted by Crippen LogP contribution is 2.31. The average molecular weight is 228 g/mol. The van der Waals surface area contributed by atoms with Crippen molar-refractivity contribution in [3.8, 4) is 0 Å². The van der Waals surface area contributed by atoms with Crippen molar-refractivity contribution >= 4 is 5.97 Å². The van der Waals surface area contributed by atoms with Crippen molar-refractivity contribution in [1.82, 2.24) is 0 Å². The standard InChI is InChI=1S/C13H24O3/c1-2-6-12(14)11(13(15)16)9-10-7-4-3-5-8-10/h10-12,14H,2-9H2,1H3,(H,15,16)/t11-,12-/m1/s1. The highest BCUT2D eigenvalue weighted by atomic mass is 16.4. The molecule has 0 radical (unpaired) electrons. The van der Waals surface area contributed by atoms with Gasteiger partial charge in [-0.15, -0.1) is 0 Å². The van der Waals surface area contributed by atoms with Crippen molar-refractivity contribution in [1.29, 1.82) is 0 Å². The van der Waals surface area contributed by atoms with Gasteiger partial charge in [0.1, 0.15) is 0 Å². The summed E-state index contributed by atoms with van der Waals surface area (Å²) in [6, 6.07) is 0. The fraction of sp³-hybridized carbons (Fsp3) is 0.923. The van der Waals surface area contributed by atoms with Gasteiger partial charge in [-0.1, -0.05) is 45.4 Å². The Balaban J connectivity index is 2.46. The molecule has 0 aliphatic heterocycles. The summed E-state index contributed by atoms with van der Waals surface area (Å²) in [7, 11) is 0. The van der Waals surface area contributed by atoms with Crippen LogP contribution in [0.5, 0.6) is 0 Å². The number of carboxylic acid groups (broad SMARTS) is 1. The molecule has 2 N–H and O–H groups in total. The van der Waals surface area contributed by atoms with Gasteiger partial charge in [-0.25, -0.2) is 0 Å². The smallest absolute Gasteiger partial charge is 0.309 e. The van der Waals surface area contributed by atoms with E-state index in [9.17, 15) is 9.90 Å². The minimum atomic E-state index is -0.827. The van der Waals surface area contributed by atoms with Gasteiger partial charge in [0.15, 0.2) is 0 Å². The summed E-state index contributed by atoms with van der Waals surface area (Å²) >= 11 is 0. The SMILES string of the molecule is CCC[C@@H](O)[C@@H](CC1CCCCC1)C(=O)O. The van der Waals surface area contributed by atoms with Gasteiger partial charge in [0.2, 0.25) is 0 Å². The molecule has 0 bridgehead atoms. The Kier molecular flexibility index (Phi) is 5.81. The molecule has 0 amide bonds. The highest BCUT2D eigenvalue weighted by Gasteiger charge is 2.29. The number of hydrogen-bond donors (Lipinski definition) is 2. The van der Waals surface area contributed by atoms with E-state index in [1.54, 1.807) is 0 Å². The minimum Gasteiger partial charge on any atom is -0.481 e. The van der Waals surface area contributed by atoms with Crippen LogP contribution < -0.4 is 0 Å². The Bertz CT molecular complexity index is 209. The van der Waals surface area contributed by atoms with E-state index in [-0.39, 0.29) is 0 Å². The molecule has 2 atom stereocenters. The molecule has 3 nitrogen and oxygen atoms in total. The van der Waals surface area contributed by atoms with Crippen molar-refractivity contribution in [2.75, 3.05) is 0 Å². The molecular formula is C13H24O3. The second-order valence-corrected chi connectivity index (χ2v) is 5.04. The molecule has 0 aromatic rings. The van der Waals surface area contributed by atoms with E-state index in [1.165, 1.54) is 19.3 Å². The Labute approximate surface area is 97.9 Å². The van der Waals surface area contributed by atoms with Crippen LogP contribution in [0.3, 0.4) is 0 Å². The van der Waals surface area contributed by atoms with E-state index in [0.29, 0.717) is 18.8 Å². The van der Waals surface area contributed by atoms with E-state index >= 15 is 0 Å². The molecule has 1 saturated carbocycles. The number of aliphatic carboxylic acids is 1. The first-order chi connectivity index (χ1) is 7.65. The van der Waals surface area contributed by atoms with Crippen molar-refractivity contribution in [2.24, 2.45) is 11.8 Å². The topological polar surface area (TPSA) is 57.5 Å². The van der Waals surface area contributed by atoms with Crippen molar-refractivity contribution in [3.05, 3.63) is 0 Å². The van der Waals surface area contributed by atoms with Crippen LogP contribution in [0.4, 0.5) is 0 Å². The lowest BCUT2D eigenvalue weighted by Crippen LogP contribution is -2.30. The van der Waals surface area contributed by atoms with E-state index in [1.807, 2.05) is 6.92 Å². The molecule has 16 heavy (non-hydrogen) atoms. The summed E-state index contributed by atoms with van der Waals surface area (Å²) in [5, 5.41) is 19.0. The van der Waals surface area contributed by atoms with Gasteiger partial charge in [0.05, 0.1) is 12.0 Å². The summed E-state index contributed by atoms with van der Waals surface area (Å²) in [6.07, 6.45) is 7.46. The van der Waals surface area contributed by atoms with Crippen LogP contribution in [-0.2, 0) is 4.79 Å². The monoisotopic (exact) mass is 228 g/mol. The molecule has 0 unspecified atom stereocenters. The fourth-order valence-corrected chi connectivity index (χ4v) is 2.70. The number of carbonyl (C=O) groups is 1. The summed E-state index contributed by atoms with van der Waals surface area (Å²) in [4.78, 5) is 11.1. The predicted octanol–water partition coefficient (Wildman–Crippen LogP) is 2.82. The maximum absolute atomic E-state index is 11.1. The zero-order valence-electron chi connectivity index (χ0n) is 10.2. The normalized spacial score (nSPS) is 21.6. The third-order valence-electron chi connectivity index (χ3n) is 3.68. The number of carboxylic acids is 1. The molecule has 0 saturated heterocycles. The van der Waals surface area contributed by atoms with Gasteiger partial charge in [-0.3, -0.25) is 4.79 Å². The first-order valence-corrected chi connectivity index (χ1v) is 6.56. The Morgan fingerprint density at radius 2 is 1.94 bits per heavy atom. The molecule has 1 aliphatic carbocycles. The Hall–Kier alpha value is -0.570.